The smallest absolute Gasteiger partial charge is 0.308 e. The van der Waals surface area contributed by atoms with E-state index >= 15 is 0 Å². The van der Waals surface area contributed by atoms with E-state index in [4.69, 9.17) is 0 Å². The first-order valence-electron chi connectivity index (χ1n) is 9.89. The number of aromatic nitrogens is 1. The molecule has 0 radical (unpaired) electrons. The maximum atomic E-state index is 13.2. The molecule has 0 fully saturated rings. The molecule has 0 bridgehead atoms. The Balaban J connectivity index is 1.90. The van der Waals surface area contributed by atoms with Crippen LogP contribution in [-0.4, -0.2) is 17.4 Å². The van der Waals surface area contributed by atoms with Crippen molar-refractivity contribution in [3.05, 3.63) is 100 Å². The Bertz CT molecular complexity index is 1110. The van der Waals surface area contributed by atoms with Gasteiger partial charge in [-0.1, -0.05) is 47.6 Å². The van der Waals surface area contributed by atoms with E-state index in [1.807, 2.05) is 0 Å². The Morgan fingerprint density at radius 2 is 1.53 bits per heavy atom. The molecule has 1 amide bonds. The number of rotatable bonds is 7. The third kappa shape index (κ3) is 5.97. The van der Waals surface area contributed by atoms with E-state index in [9.17, 15) is 36.0 Å². The van der Waals surface area contributed by atoms with Gasteiger partial charge in [-0.25, -0.2) is 4.98 Å². The minimum atomic E-state index is -4.69. The quantitative estimate of drug-likeness (QED) is 0.298. The molecule has 1 unspecified atom stereocenters. The van der Waals surface area contributed by atoms with Crippen molar-refractivity contribution in [2.75, 3.05) is 11.4 Å². The van der Waals surface area contributed by atoms with Crippen molar-refractivity contribution < 1.29 is 31.1 Å². The molecule has 1 aromatic heterocycles. The summed E-state index contributed by atoms with van der Waals surface area (Å²) in [6, 6.07) is 12.4. The number of anilines is 1. The van der Waals surface area contributed by atoms with Crippen molar-refractivity contribution in [3.8, 4) is 0 Å². The Morgan fingerprint density at radius 3 is 2.03 bits per heavy atom. The van der Waals surface area contributed by atoms with Gasteiger partial charge in [-0.05, 0) is 41.8 Å². The number of carbonyl (C=O) groups excluding carboxylic acids is 1. The number of nitrogens with zero attached hydrogens (tertiary/aromatic N) is 3. The highest BCUT2D eigenvalue weighted by Crippen LogP contribution is 2.31. The highest BCUT2D eigenvalue weighted by atomic mass is 19.4. The minimum absolute atomic E-state index is 0.0190. The zero-order valence-corrected chi connectivity index (χ0v) is 17.3. The molecule has 11 heteroatoms. The first kappa shape index (κ1) is 24.9. The van der Waals surface area contributed by atoms with E-state index in [-0.39, 0.29) is 24.2 Å². The van der Waals surface area contributed by atoms with Gasteiger partial charge in [0.15, 0.2) is 6.04 Å². The average molecular weight is 481 g/mol. The number of alkyl halides is 6. The van der Waals surface area contributed by atoms with Gasteiger partial charge >= 0.3 is 12.4 Å². The van der Waals surface area contributed by atoms with E-state index < -0.39 is 35.6 Å². The zero-order valence-electron chi connectivity index (χ0n) is 17.3. The molecule has 0 spiro atoms. The molecule has 34 heavy (non-hydrogen) atoms. The molecule has 2 aromatic carbocycles. The number of hydrogen-bond donors (Lipinski definition) is 0. The summed E-state index contributed by atoms with van der Waals surface area (Å²) in [5, 5.41) is 2.89. The van der Waals surface area contributed by atoms with Crippen molar-refractivity contribution in [2.45, 2.75) is 24.8 Å². The van der Waals surface area contributed by atoms with Crippen LogP contribution >= 0.6 is 0 Å². The predicted octanol–water partition coefficient (Wildman–Crippen LogP) is 6.20. The maximum Gasteiger partial charge on any atom is 0.433 e. The van der Waals surface area contributed by atoms with Crippen LogP contribution in [-0.2, 0) is 23.6 Å². The van der Waals surface area contributed by atoms with Crippen molar-refractivity contribution >= 4 is 11.6 Å². The lowest BCUT2D eigenvalue weighted by atomic mass is 10.0. The number of amides is 1. The van der Waals surface area contributed by atoms with Gasteiger partial charge in [0.2, 0.25) is 0 Å². The third-order valence-electron chi connectivity index (χ3n) is 4.98. The third-order valence-corrected chi connectivity index (χ3v) is 4.98. The summed E-state index contributed by atoms with van der Waals surface area (Å²) < 4.78 is 77.0. The maximum absolute atomic E-state index is 13.2. The van der Waals surface area contributed by atoms with Gasteiger partial charge in [0, 0.05) is 6.54 Å². The van der Waals surface area contributed by atoms with Crippen LogP contribution in [0.15, 0.2) is 78.1 Å². The largest absolute Gasteiger partial charge is 0.433 e. The summed E-state index contributed by atoms with van der Waals surface area (Å²) in [5.74, 6) is -0.810. The van der Waals surface area contributed by atoms with Crippen LogP contribution in [0.2, 0.25) is 0 Å². The Labute approximate surface area is 190 Å². The molecule has 3 rings (SSSR count). The van der Waals surface area contributed by atoms with Gasteiger partial charge in [-0.15, -0.1) is 4.91 Å². The molecule has 1 atom stereocenters. The second-order valence-electron chi connectivity index (χ2n) is 7.25. The Kier molecular flexibility index (Phi) is 7.33. The molecule has 5 nitrogen and oxygen atoms in total. The lowest BCUT2D eigenvalue weighted by Crippen LogP contribution is -2.36. The lowest BCUT2D eigenvalue weighted by Gasteiger charge is -2.25. The van der Waals surface area contributed by atoms with Gasteiger partial charge < -0.3 is 4.90 Å². The van der Waals surface area contributed by atoms with Gasteiger partial charge in [0.1, 0.15) is 5.69 Å². The van der Waals surface area contributed by atoms with E-state index in [0.29, 0.717) is 11.6 Å². The Hall–Kier alpha value is -3.76. The van der Waals surface area contributed by atoms with Crippen LogP contribution in [0.5, 0.6) is 0 Å². The summed E-state index contributed by atoms with van der Waals surface area (Å²) in [6.07, 6.45) is -8.29. The van der Waals surface area contributed by atoms with Crippen molar-refractivity contribution in [3.63, 3.8) is 0 Å². The van der Waals surface area contributed by atoms with Gasteiger partial charge in [0.25, 0.3) is 5.91 Å². The lowest BCUT2D eigenvalue weighted by molar-refractivity contribution is -0.141. The molecule has 178 valence electrons. The topological polar surface area (TPSA) is 62.6 Å². The van der Waals surface area contributed by atoms with Gasteiger partial charge in [-0.3, -0.25) is 4.79 Å². The van der Waals surface area contributed by atoms with Crippen LogP contribution in [0.3, 0.4) is 0 Å². The van der Waals surface area contributed by atoms with Gasteiger partial charge in [0.05, 0.1) is 17.4 Å². The molecule has 0 aliphatic rings. The molecule has 0 aliphatic carbocycles. The standard InChI is InChI=1S/C23H17F6N3O2/c24-22(25,26)17-8-6-15(7-9-17)12-13-32(18-10-11-19(30-14-18)23(27,28)29)21(33)20(31-34)16-4-2-1-3-5-16/h1-11,14,20H,12-13H2. The monoisotopic (exact) mass is 481 g/mol. The first-order chi connectivity index (χ1) is 16.0. The SMILES string of the molecule is O=NC(C(=O)N(CCc1ccc(C(F)(F)F)cc1)c1ccc(C(F)(F)F)nc1)c1ccccc1. The first-order valence-corrected chi connectivity index (χ1v) is 9.89. The Morgan fingerprint density at radius 1 is 0.882 bits per heavy atom. The van der Waals surface area contributed by atoms with Crippen LogP contribution < -0.4 is 4.90 Å². The molecule has 1 heterocycles. The molecule has 3 aromatic rings. The molecule has 0 N–H and O–H groups in total. The second-order valence-corrected chi connectivity index (χ2v) is 7.25. The minimum Gasteiger partial charge on any atom is -0.308 e. The predicted molar refractivity (Wildman–Crippen MR) is 112 cm³/mol. The molecular weight excluding hydrogens is 464 g/mol. The fourth-order valence-corrected chi connectivity index (χ4v) is 3.21. The normalized spacial score (nSPS) is 12.8. The average Bonchev–Trinajstić information content (AvgIpc) is 2.80. The highest BCUT2D eigenvalue weighted by molar-refractivity contribution is 5.97. The van der Waals surface area contributed by atoms with Gasteiger partial charge in [-0.2, -0.15) is 26.3 Å². The van der Waals surface area contributed by atoms with E-state index in [0.717, 1.165) is 29.3 Å². The van der Waals surface area contributed by atoms with Crippen molar-refractivity contribution in [2.24, 2.45) is 5.18 Å². The summed E-state index contributed by atoms with van der Waals surface area (Å²) in [5.41, 5.74) is -1.30. The molecule has 0 aliphatic heterocycles. The summed E-state index contributed by atoms with van der Waals surface area (Å²) in [7, 11) is 0. The number of nitroso groups, excluding NO2 is 1. The summed E-state index contributed by atoms with van der Waals surface area (Å²) in [4.78, 5) is 29.1. The number of hydrogen-bond acceptors (Lipinski definition) is 4. The van der Waals surface area contributed by atoms with Crippen LogP contribution in [0.25, 0.3) is 0 Å². The number of halogens is 6. The number of carbonyl (C=O) groups is 1. The van der Waals surface area contributed by atoms with Crippen LogP contribution in [0, 0.1) is 4.91 Å². The number of benzene rings is 2. The van der Waals surface area contributed by atoms with E-state index in [1.165, 1.54) is 24.3 Å². The molecule has 0 saturated heterocycles. The fraction of sp³-hybridized carbons (Fsp3) is 0.217. The second kappa shape index (κ2) is 10.0. The molecule has 0 saturated carbocycles. The summed E-state index contributed by atoms with van der Waals surface area (Å²) in [6.45, 7) is -0.143. The van der Waals surface area contributed by atoms with Crippen molar-refractivity contribution in [1.82, 2.24) is 4.98 Å². The highest BCUT2D eigenvalue weighted by Gasteiger charge is 2.34. The van der Waals surface area contributed by atoms with E-state index in [1.54, 1.807) is 18.2 Å². The summed E-state index contributed by atoms with van der Waals surface area (Å²) >= 11 is 0. The zero-order chi connectivity index (χ0) is 24.9. The fourth-order valence-electron chi connectivity index (χ4n) is 3.21. The number of pyridine rings is 1. The molecular formula is C23H17F6N3O2. The van der Waals surface area contributed by atoms with Crippen LogP contribution in [0.1, 0.15) is 28.4 Å². The van der Waals surface area contributed by atoms with Crippen molar-refractivity contribution in [1.29, 1.82) is 0 Å². The van der Waals surface area contributed by atoms with E-state index in [2.05, 4.69) is 10.2 Å². The van der Waals surface area contributed by atoms with Crippen LogP contribution in [0.4, 0.5) is 32.0 Å².